The summed E-state index contributed by atoms with van der Waals surface area (Å²) in [6.45, 7) is 0. The zero-order valence-corrected chi connectivity index (χ0v) is 10.4. The average Bonchev–Trinajstić information content (AvgIpc) is 2.29. The van der Waals surface area contributed by atoms with Crippen molar-refractivity contribution in [2.75, 3.05) is 0 Å². The van der Waals surface area contributed by atoms with Crippen LogP contribution in [0.25, 0.3) is 0 Å². The van der Waals surface area contributed by atoms with Gasteiger partial charge in [0.1, 0.15) is 0 Å². The van der Waals surface area contributed by atoms with E-state index in [1.807, 2.05) is 0 Å². The third kappa shape index (κ3) is 3.44. The minimum atomic E-state index is -5.76. The molecule has 0 atom stereocenters. The molecule has 11 heteroatoms. The second-order valence-electron chi connectivity index (χ2n) is 3.10. The highest BCUT2D eigenvalue weighted by Crippen LogP contribution is 2.68. The van der Waals surface area contributed by atoms with Gasteiger partial charge in [0.2, 0.25) is 0 Å². The molecule has 0 saturated heterocycles. The van der Waals surface area contributed by atoms with Gasteiger partial charge in [-0.3, -0.25) is 14.1 Å². The maximum absolute atomic E-state index is 11.2. The topological polar surface area (TPSA) is 180 Å². The van der Waals surface area contributed by atoms with Crippen molar-refractivity contribution >= 4 is 15.2 Å². The lowest BCUT2D eigenvalue weighted by Crippen LogP contribution is -2.31. The van der Waals surface area contributed by atoms with Gasteiger partial charge in [0.25, 0.3) is 5.08 Å². The van der Waals surface area contributed by atoms with Crippen LogP contribution in [0.5, 0.6) is 0 Å². The van der Waals surface area contributed by atoms with E-state index < -0.39 is 56.7 Å². The predicted molar refractivity (Wildman–Crippen MR) is 60.6 cm³/mol. The quantitative estimate of drug-likeness (QED) is 0.430. The van der Waals surface area contributed by atoms with Crippen molar-refractivity contribution in [2.24, 2.45) is 0 Å². The molecule has 1 aromatic rings. The number of hydrogen-bond acceptors (Lipinski definition) is 4. The number of aromatic nitrogens is 1. The summed E-state index contributed by atoms with van der Waals surface area (Å²) in [5.41, 5.74) is -0.769. The molecule has 0 aliphatic carbocycles. The first-order valence-corrected chi connectivity index (χ1v) is 7.22. The number of nitrogens with zero attached hydrogens (tertiary/aromatic N) is 1. The van der Waals surface area contributed by atoms with Crippen LogP contribution in [0.1, 0.15) is 11.0 Å². The van der Waals surface area contributed by atoms with Crippen LogP contribution in [0, 0.1) is 0 Å². The largest absolute Gasteiger partial charge is 0.412 e. The van der Waals surface area contributed by atoms with Gasteiger partial charge in [0.05, 0.1) is 5.48 Å². The van der Waals surface area contributed by atoms with Crippen LogP contribution >= 0.6 is 15.2 Å². The molecule has 0 spiro atoms. The highest BCUT2D eigenvalue weighted by Gasteiger charge is 2.59. The summed E-state index contributed by atoms with van der Waals surface area (Å²) in [6, 6.07) is -1.73. The van der Waals surface area contributed by atoms with Crippen molar-refractivity contribution in [2.45, 2.75) is 11.5 Å². The van der Waals surface area contributed by atoms with Crippen LogP contribution in [0.15, 0.2) is 24.4 Å². The second-order valence-corrected chi connectivity index (χ2v) is 7.11. The molecule has 0 saturated carbocycles. The zero-order chi connectivity index (χ0) is 16.8. The molecular weight excluding hydrogens is 288 g/mol. The van der Waals surface area contributed by atoms with E-state index in [1.165, 1.54) is 0 Å². The van der Waals surface area contributed by atoms with E-state index in [4.69, 9.17) is 25.1 Å². The Balaban J connectivity index is 0.00000441. The molecule has 7 N–H and O–H groups in total. The van der Waals surface area contributed by atoms with Crippen molar-refractivity contribution in [3.8, 4) is 0 Å². The van der Waals surface area contributed by atoms with Gasteiger partial charge in [-0.15, -0.1) is 0 Å². The van der Waals surface area contributed by atoms with Gasteiger partial charge in [-0.1, -0.05) is 0 Å². The summed E-state index contributed by atoms with van der Waals surface area (Å²) in [5, 5.41) is 5.88. The summed E-state index contributed by atoms with van der Waals surface area (Å²) in [6.07, 6.45) is -3.13. The molecule has 0 radical (unpaired) electrons. The molecular formula is C7H13NO8P2. The van der Waals surface area contributed by atoms with E-state index >= 15 is 0 Å². The highest BCUT2D eigenvalue weighted by molar-refractivity contribution is 7.72. The molecule has 0 bridgehead atoms. The Morgan fingerprint density at radius 1 is 1.17 bits per heavy atom. The molecule has 1 aromatic heterocycles. The van der Waals surface area contributed by atoms with E-state index in [9.17, 15) is 14.2 Å². The van der Waals surface area contributed by atoms with Crippen LogP contribution in [0.2, 0.25) is 0 Å². The summed E-state index contributed by atoms with van der Waals surface area (Å²) >= 11 is 0. The van der Waals surface area contributed by atoms with E-state index in [1.54, 1.807) is 0 Å². The lowest BCUT2D eigenvalue weighted by Gasteiger charge is -2.29. The van der Waals surface area contributed by atoms with Gasteiger partial charge < -0.3 is 30.2 Å². The van der Waals surface area contributed by atoms with E-state index in [0.717, 1.165) is 0 Å². The van der Waals surface area contributed by atoms with Crippen molar-refractivity contribution in [1.29, 1.82) is 0 Å². The van der Waals surface area contributed by atoms with Gasteiger partial charge in [0.15, 0.2) is 0 Å². The minimum absolute atomic E-state index is 0. The predicted octanol–water partition coefficient (Wildman–Crippen LogP) is -1.20. The SMILES string of the molecule is O.[2H]c1nc([2H])c([2H])c(CC(O)(P(=O)(O)O)P(=O)(O)O)c1[2H]. The van der Waals surface area contributed by atoms with E-state index in [2.05, 4.69) is 4.98 Å². The fraction of sp³-hybridized carbons (Fsp3) is 0.286. The molecule has 1 rings (SSSR count). The molecule has 0 unspecified atom stereocenters. The lowest BCUT2D eigenvalue weighted by molar-refractivity contribution is 0.131. The molecule has 0 aliphatic heterocycles. The summed E-state index contributed by atoms with van der Waals surface area (Å²) < 4.78 is 51.8. The number of rotatable bonds is 4. The highest BCUT2D eigenvalue weighted by atomic mass is 31.2. The first kappa shape index (κ1) is 11.2. The fourth-order valence-corrected chi connectivity index (χ4v) is 3.04. The molecule has 0 aromatic carbocycles. The maximum atomic E-state index is 11.2. The molecule has 1 heterocycles. The Hall–Kier alpha value is -0.630. The molecule has 0 amide bonds. The van der Waals surface area contributed by atoms with Crippen LogP contribution in [0.4, 0.5) is 0 Å². The van der Waals surface area contributed by atoms with Gasteiger partial charge >= 0.3 is 15.2 Å². The Bertz CT molecular complexity index is 625. The van der Waals surface area contributed by atoms with Crippen molar-refractivity contribution < 1.29 is 44.8 Å². The Kier molecular flexibility index (Phi) is 3.47. The third-order valence-corrected chi connectivity index (χ3v) is 5.62. The number of hydrogen-bond donors (Lipinski definition) is 5. The number of aliphatic hydroxyl groups is 1. The normalized spacial score (nSPS) is 16.1. The van der Waals surface area contributed by atoms with Crippen molar-refractivity contribution in [3.63, 3.8) is 0 Å². The van der Waals surface area contributed by atoms with Gasteiger partial charge in [-0.05, 0) is 17.6 Å². The Morgan fingerprint density at radius 2 is 1.56 bits per heavy atom. The third-order valence-electron chi connectivity index (χ3n) is 1.87. The van der Waals surface area contributed by atoms with Crippen molar-refractivity contribution in [3.05, 3.63) is 30.0 Å². The van der Waals surface area contributed by atoms with Crippen LogP contribution < -0.4 is 0 Å². The maximum Gasteiger partial charge on any atom is 0.369 e. The first-order chi connectivity index (χ1) is 9.22. The molecule has 18 heavy (non-hydrogen) atoms. The van der Waals surface area contributed by atoms with Crippen molar-refractivity contribution in [1.82, 2.24) is 4.98 Å². The molecule has 9 nitrogen and oxygen atoms in total. The van der Waals surface area contributed by atoms with Crippen LogP contribution in [-0.2, 0) is 15.6 Å². The van der Waals surface area contributed by atoms with Gasteiger partial charge in [-0.2, -0.15) is 0 Å². The summed E-state index contributed by atoms with van der Waals surface area (Å²) in [4.78, 5) is 39.1. The second kappa shape index (κ2) is 5.56. The van der Waals surface area contributed by atoms with Gasteiger partial charge in [0, 0.05) is 18.8 Å². The minimum Gasteiger partial charge on any atom is -0.412 e. The Morgan fingerprint density at radius 3 is 1.89 bits per heavy atom. The lowest BCUT2D eigenvalue weighted by atomic mass is 10.2. The number of pyridine rings is 1. The standard InChI is InChI=1S/C7H11NO7P2.H2O/c9-7(16(10,11)12,17(13,14)15)5-6-1-3-8-4-2-6;/h1-4,9H,5H2,(H2,10,11,12)(H2,13,14,15);1H2/i1D,2D,3D,4D;. The molecule has 0 fully saturated rings. The average molecular weight is 305 g/mol. The van der Waals surface area contributed by atoms with E-state index in [0.29, 0.717) is 0 Å². The first-order valence-electron chi connectivity index (χ1n) is 5.99. The Labute approximate surface area is 107 Å². The molecule has 104 valence electrons. The van der Waals surface area contributed by atoms with Crippen LogP contribution in [0.3, 0.4) is 0 Å². The summed E-state index contributed by atoms with van der Waals surface area (Å²) in [7, 11) is -11.5. The van der Waals surface area contributed by atoms with Gasteiger partial charge in [-0.25, -0.2) is 0 Å². The smallest absolute Gasteiger partial charge is 0.369 e. The fourth-order valence-electron chi connectivity index (χ4n) is 0.951. The summed E-state index contributed by atoms with van der Waals surface area (Å²) in [5.74, 6) is 0. The monoisotopic (exact) mass is 305 g/mol. The molecule has 0 aliphatic rings. The zero-order valence-electron chi connectivity index (χ0n) is 12.6. The van der Waals surface area contributed by atoms with Crippen LogP contribution in [-0.4, -0.2) is 40.2 Å². The van der Waals surface area contributed by atoms with E-state index in [-0.39, 0.29) is 5.48 Å².